The van der Waals surface area contributed by atoms with Crippen LogP contribution >= 0.6 is 0 Å². The van der Waals surface area contributed by atoms with Crippen molar-refractivity contribution in [1.29, 1.82) is 0 Å². The lowest BCUT2D eigenvalue weighted by molar-refractivity contribution is -0.121. The van der Waals surface area contributed by atoms with Crippen LogP contribution in [0, 0.1) is 11.8 Å². The van der Waals surface area contributed by atoms with Gasteiger partial charge in [-0.15, -0.1) is 0 Å². The standard InChI is InChI=1S/C15H27NO/c1-12(2)13-4-3-10-16(11-9-13)14-5-7-15(17)8-6-14/h12-14H,3-11H2,1-2H3. The number of hydrogen-bond acceptors (Lipinski definition) is 2. The van der Waals surface area contributed by atoms with E-state index in [0.717, 1.165) is 37.5 Å². The molecule has 0 amide bonds. The highest BCUT2D eigenvalue weighted by molar-refractivity contribution is 5.79. The van der Waals surface area contributed by atoms with Crippen LogP contribution in [0.4, 0.5) is 0 Å². The molecule has 0 radical (unpaired) electrons. The quantitative estimate of drug-likeness (QED) is 0.735. The van der Waals surface area contributed by atoms with Crippen molar-refractivity contribution >= 4 is 5.78 Å². The molecule has 1 heterocycles. The molecule has 0 aromatic heterocycles. The third kappa shape index (κ3) is 3.54. The molecule has 1 atom stereocenters. The third-order valence-corrected chi connectivity index (χ3v) is 4.78. The molecule has 17 heavy (non-hydrogen) atoms. The summed E-state index contributed by atoms with van der Waals surface area (Å²) in [5, 5.41) is 0. The molecule has 0 N–H and O–H groups in total. The van der Waals surface area contributed by atoms with Gasteiger partial charge in [0.15, 0.2) is 0 Å². The molecule has 0 spiro atoms. The van der Waals surface area contributed by atoms with Crippen molar-refractivity contribution in [3.8, 4) is 0 Å². The second-order valence-electron chi connectivity index (χ2n) is 6.24. The van der Waals surface area contributed by atoms with Gasteiger partial charge in [0.2, 0.25) is 0 Å². The minimum Gasteiger partial charge on any atom is -0.300 e. The maximum atomic E-state index is 11.3. The average molecular weight is 237 g/mol. The molecule has 0 aromatic rings. The number of rotatable bonds is 2. The Morgan fingerprint density at radius 1 is 1.06 bits per heavy atom. The minimum atomic E-state index is 0.483. The van der Waals surface area contributed by atoms with Crippen LogP contribution in [0.15, 0.2) is 0 Å². The van der Waals surface area contributed by atoms with E-state index in [1.54, 1.807) is 0 Å². The van der Waals surface area contributed by atoms with E-state index in [4.69, 9.17) is 0 Å². The first-order valence-corrected chi connectivity index (χ1v) is 7.42. The zero-order valence-electron chi connectivity index (χ0n) is 11.5. The summed E-state index contributed by atoms with van der Waals surface area (Å²) in [5.41, 5.74) is 0. The van der Waals surface area contributed by atoms with Gasteiger partial charge in [0.1, 0.15) is 5.78 Å². The maximum absolute atomic E-state index is 11.3. The summed E-state index contributed by atoms with van der Waals surface area (Å²) in [6.45, 7) is 7.25. The summed E-state index contributed by atoms with van der Waals surface area (Å²) < 4.78 is 0. The van der Waals surface area contributed by atoms with E-state index in [-0.39, 0.29) is 0 Å². The molecule has 1 unspecified atom stereocenters. The fourth-order valence-corrected chi connectivity index (χ4v) is 3.47. The molecule has 1 aliphatic heterocycles. The van der Waals surface area contributed by atoms with Crippen LogP contribution in [0.25, 0.3) is 0 Å². The fourth-order valence-electron chi connectivity index (χ4n) is 3.47. The second-order valence-corrected chi connectivity index (χ2v) is 6.24. The molecular weight excluding hydrogens is 210 g/mol. The van der Waals surface area contributed by atoms with E-state index in [0.29, 0.717) is 11.8 Å². The zero-order chi connectivity index (χ0) is 12.3. The Bertz CT molecular complexity index is 252. The smallest absolute Gasteiger partial charge is 0.133 e. The van der Waals surface area contributed by atoms with Crippen molar-refractivity contribution in [2.75, 3.05) is 13.1 Å². The average Bonchev–Trinajstić information content (AvgIpc) is 2.55. The molecule has 1 aliphatic carbocycles. The monoisotopic (exact) mass is 237 g/mol. The molecule has 0 bridgehead atoms. The third-order valence-electron chi connectivity index (χ3n) is 4.78. The van der Waals surface area contributed by atoms with Crippen LogP contribution in [0.5, 0.6) is 0 Å². The first-order chi connectivity index (χ1) is 8.16. The Balaban J connectivity index is 1.84. The van der Waals surface area contributed by atoms with E-state index in [2.05, 4.69) is 18.7 Å². The second kappa shape index (κ2) is 5.99. The van der Waals surface area contributed by atoms with E-state index in [1.807, 2.05) is 0 Å². The Morgan fingerprint density at radius 3 is 2.41 bits per heavy atom. The van der Waals surface area contributed by atoms with E-state index in [9.17, 15) is 4.79 Å². The summed E-state index contributed by atoms with van der Waals surface area (Å²) in [4.78, 5) is 14.0. The predicted octanol–water partition coefficient (Wildman–Crippen LogP) is 3.26. The first-order valence-electron chi connectivity index (χ1n) is 7.42. The molecule has 2 nitrogen and oxygen atoms in total. The molecule has 1 saturated heterocycles. The van der Waals surface area contributed by atoms with Crippen molar-refractivity contribution in [2.45, 2.75) is 64.8 Å². The highest BCUT2D eigenvalue weighted by atomic mass is 16.1. The van der Waals surface area contributed by atoms with Crippen LogP contribution in [0.2, 0.25) is 0 Å². The maximum Gasteiger partial charge on any atom is 0.133 e. The summed E-state index contributed by atoms with van der Waals surface area (Å²) in [7, 11) is 0. The Kier molecular flexibility index (Phi) is 4.61. The normalized spacial score (nSPS) is 29.6. The van der Waals surface area contributed by atoms with Gasteiger partial charge >= 0.3 is 0 Å². The molecule has 2 fully saturated rings. The van der Waals surface area contributed by atoms with Crippen LogP contribution in [-0.2, 0) is 4.79 Å². The number of ketones is 1. The molecule has 2 heteroatoms. The van der Waals surface area contributed by atoms with Crippen molar-refractivity contribution < 1.29 is 4.79 Å². The van der Waals surface area contributed by atoms with Crippen LogP contribution in [-0.4, -0.2) is 29.8 Å². The molecule has 2 rings (SSSR count). The Morgan fingerprint density at radius 2 is 1.76 bits per heavy atom. The van der Waals surface area contributed by atoms with Crippen LogP contribution < -0.4 is 0 Å². The van der Waals surface area contributed by atoms with Crippen LogP contribution in [0.3, 0.4) is 0 Å². The SMILES string of the molecule is CC(C)C1CCCN(C2CCC(=O)CC2)CC1. The highest BCUT2D eigenvalue weighted by Crippen LogP contribution is 2.28. The predicted molar refractivity (Wildman–Crippen MR) is 71.0 cm³/mol. The number of carbonyl (C=O) groups excluding carboxylic acids is 1. The molecular formula is C15H27NO. The van der Waals surface area contributed by atoms with Gasteiger partial charge in [-0.1, -0.05) is 13.8 Å². The topological polar surface area (TPSA) is 20.3 Å². The molecule has 98 valence electrons. The molecule has 0 aromatic carbocycles. The van der Waals surface area contributed by atoms with Gasteiger partial charge in [-0.25, -0.2) is 0 Å². The summed E-state index contributed by atoms with van der Waals surface area (Å²) in [6.07, 6.45) is 8.01. The largest absolute Gasteiger partial charge is 0.300 e. The number of Topliss-reactive ketones (excluding diaryl/α,β-unsaturated/α-hetero) is 1. The van der Waals surface area contributed by atoms with E-state index >= 15 is 0 Å². The number of carbonyl (C=O) groups is 1. The van der Waals surface area contributed by atoms with Gasteiger partial charge in [-0.05, 0) is 57.0 Å². The van der Waals surface area contributed by atoms with Gasteiger partial charge < -0.3 is 4.90 Å². The van der Waals surface area contributed by atoms with Gasteiger partial charge in [0.25, 0.3) is 0 Å². The minimum absolute atomic E-state index is 0.483. The van der Waals surface area contributed by atoms with Crippen LogP contribution in [0.1, 0.15) is 58.8 Å². The van der Waals surface area contributed by atoms with Gasteiger partial charge in [0.05, 0.1) is 0 Å². The van der Waals surface area contributed by atoms with Crippen molar-refractivity contribution in [2.24, 2.45) is 11.8 Å². The lowest BCUT2D eigenvalue weighted by Gasteiger charge is -2.33. The lowest BCUT2D eigenvalue weighted by Crippen LogP contribution is -2.39. The van der Waals surface area contributed by atoms with Gasteiger partial charge in [-0.2, -0.15) is 0 Å². The van der Waals surface area contributed by atoms with E-state index in [1.165, 1.54) is 32.4 Å². The summed E-state index contributed by atoms with van der Waals surface area (Å²) in [6, 6.07) is 0.707. The number of likely N-dealkylation sites (tertiary alicyclic amines) is 1. The highest BCUT2D eigenvalue weighted by Gasteiger charge is 2.27. The van der Waals surface area contributed by atoms with E-state index < -0.39 is 0 Å². The first kappa shape index (κ1) is 13.1. The van der Waals surface area contributed by atoms with Crippen molar-refractivity contribution in [1.82, 2.24) is 4.90 Å². The summed E-state index contributed by atoms with van der Waals surface area (Å²) in [5.74, 6) is 2.24. The van der Waals surface area contributed by atoms with Crippen molar-refractivity contribution in [3.63, 3.8) is 0 Å². The zero-order valence-corrected chi connectivity index (χ0v) is 11.5. The Hall–Kier alpha value is -0.370. The fraction of sp³-hybridized carbons (Fsp3) is 0.933. The summed E-state index contributed by atoms with van der Waals surface area (Å²) >= 11 is 0. The molecule has 2 aliphatic rings. The number of hydrogen-bond donors (Lipinski definition) is 0. The number of nitrogens with zero attached hydrogens (tertiary/aromatic N) is 1. The molecule has 1 saturated carbocycles. The van der Waals surface area contributed by atoms with Gasteiger partial charge in [0, 0.05) is 18.9 Å². The Labute approximate surface area is 106 Å². The van der Waals surface area contributed by atoms with Crippen molar-refractivity contribution in [3.05, 3.63) is 0 Å². The van der Waals surface area contributed by atoms with Gasteiger partial charge in [-0.3, -0.25) is 4.79 Å². The lowest BCUT2D eigenvalue weighted by atomic mass is 9.89.